The first-order valence-electron chi connectivity index (χ1n) is 9.18. The molecule has 2 aromatic carbocycles. The van der Waals surface area contributed by atoms with Gasteiger partial charge in [-0.25, -0.2) is 4.79 Å². The average Bonchev–Trinajstić information content (AvgIpc) is 2.69. The smallest absolute Gasteiger partial charge is 0.315 e. The molecule has 138 valence electrons. The highest BCUT2D eigenvalue weighted by Gasteiger charge is 2.13. The number of nitrogens with zero attached hydrogens (tertiary/aromatic N) is 1. The Bertz CT molecular complexity index is 699. The molecule has 0 spiro atoms. The van der Waals surface area contributed by atoms with E-state index in [9.17, 15) is 4.79 Å². The molecule has 1 fully saturated rings. The maximum Gasteiger partial charge on any atom is 0.315 e. The van der Waals surface area contributed by atoms with Crippen molar-refractivity contribution in [1.29, 1.82) is 0 Å². The van der Waals surface area contributed by atoms with E-state index in [1.54, 1.807) is 0 Å². The molecule has 0 radical (unpaired) electrons. The Labute approximate surface area is 155 Å². The summed E-state index contributed by atoms with van der Waals surface area (Å²) < 4.78 is 5.41. The van der Waals surface area contributed by atoms with Crippen LogP contribution in [-0.2, 0) is 17.8 Å². The lowest BCUT2D eigenvalue weighted by Crippen LogP contribution is -2.37. The third kappa shape index (κ3) is 5.31. The van der Waals surface area contributed by atoms with Crippen molar-refractivity contribution in [1.82, 2.24) is 15.5 Å². The van der Waals surface area contributed by atoms with Crippen molar-refractivity contribution in [3.63, 3.8) is 0 Å². The van der Waals surface area contributed by atoms with Crippen molar-refractivity contribution in [2.24, 2.45) is 0 Å². The summed E-state index contributed by atoms with van der Waals surface area (Å²) in [6.45, 7) is 6.90. The van der Waals surface area contributed by atoms with Gasteiger partial charge in [-0.1, -0.05) is 54.6 Å². The number of benzene rings is 2. The van der Waals surface area contributed by atoms with Gasteiger partial charge in [-0.2, -0.15) is 0 Å². The summed E-state index contributed by atoms with van der Waals surface area (Å²) in [6.07, 6.45) is 0. The van der Waals surface area contributed by atoms with Gasteiger partial charge in [-0.15, -0.1) is 0 Å². The molecule has 0 bridgehead atoms. The van der Waals surface area contributed by atoms with Gasteiger partial charge in [-0.05, 0) is 23.6 Å². The molecule has 2 N–H and O–H groups in total. The Balaban J connectivity index is 1.53. The van der Waals surface area contributed by atoms with E-state index in [0.29, 0.717) is 6.54 Å². The SMILES string of the molecule is CC(NC(=O)NCc1ccccc1CN1CCOCC1)c1ccccc1. The van der Waals surface area contributed by atoms with Crippen LogP contribution in [0.1, 0.15) is 29.7 Å². The van der Waals surface area contributed by atoms with Crippen LogP contribution in [0.4, 0.5) is 4.79 Å². The van der Waals surface area contributed by atoms with Gasteiger partial charge in [0.25, 0.3) is 0 Å². The second-order valence-electron chi connectivity index (χ2n) is 6.62. The molecule has 0 aliphatic carbocycles. The zero-order chi connectivity index (χ0) is 18.2. The minimum Gasteiger partial charge on any atom is -0.379 e. The molecule has 1 aliphatic heterocycles. The van der Waals surface area contributed by atoms with Crippen molar-refractivity contribution in [2.75, 3.05) is 26.3 Å². The van der Waals surface area contributed by atoms with Crippen molar-refractivity contribution < 1.29 is 9.53 Å². The average molecular weight is 353 g/mol. The molecule has 2 amide bonds. The highest BCUT2D eigenvalue weighted by molar-refractivity contribution is 5.74. The lowest BCUT2D eigenvalue weighted by Gasteiger charge is -2.27. The Morgan fingerprint density at radius 3 is 2.42 bits per heavy atom. The monoisotopic (exact) mass is 353 g/mol. The number of nitrogens with one attached hydrogen (secondary N) is 2. The molecule has 2 aromatic rings. The van der Waals surface area contributed by atoms with Gasteiger partial charge in [0, 0.05) is 26.2 Å². The molecule has 0 aromatic heterocycles. The summed E-state index contributed by atoms with van der Waals surface area (Å²) >= 11 is 0. The van der Waals surface area contributed by atoms with E-state index >= 15 is 0 Å². The number of ether oxygens (including phenoxy) is 1. The van der Waals surface area contributed by atoms with Crippen LogP contribution in [0.5, 0.6) is 0 Å². The van der Waals surface area contributed by atoms with Crippen molar-refractivity contribution in [3.05, 3.63) is 71.3 Å². The molecule has 0 saturated carbocycles. The molecule has 1 aliphatic rings. The normalized spacial score (nSPS) is 16.0. The second-order valence-corrected chi connectivity index (χ2v) is 6.62. The molecule has 1 atom stereocenters. The molecule has 3 rings (SSSR count). The van der Waals surface area contributed by atoms with E-state index in [2.05, 4.69) is 33.7 Å². The zero-order valence-corrected chi connectivity index (χ0v) is 15.3. The van der Waals surface area contributed by atoms with Crippen molar-refractivity contribution >= 4 is 6.03 Å². The fraction of sp³-hybridized carbons (Fsp3) is 0.381. The van der Waals surface area contributed by atoms with Gasteiger partial charge in [0.05, 0.1) is 19.3 Å². The maximum absolute atomic E-state index is 12.3. The van der Waals surface area contributed by atoms with Gasteiger partial charge in [-0.3, -0.25) is 4.90 Å². The summed E-state index contributed by atoms with van der Waals surface area (Å²) in [5, 5.41) is 5.97. The third-order valence-corrected chi connectivity index (χ3v) is 4.70. The van der Waals surface area contributed by atoms with Crippen LogP contribution in [0.15, 0.2) is 54.6 Å². The molecular weight excluding hydrogens is 326 g/mol. The van der Waals surface area contributed by atoms with E-state index in [4.69, 9.17) is 4.74 Å². The predicted octanol–water partition coefficient (Wildman–Crippen LogP) is 3.08. The Morgan fingerprint density at radius 2 is 1.69 bits per heavy atom. The lowest BCUT2D eigenvalue weighted by atomic mass is 10.1. The van der Waals surface area contributed by atoms with E-state index < -0.39 is 0 Å². The summed E-state index contributed by atoms with van der Waals surface area (Å²) in [5.41, 5.74) is 3.50. The fourth-order valence-electron chi connectivity index (χ4n) is 3.13. The van der Waals surface area contributed by atoms with Crippen LogP contribution in [0, 0.1) is 0 Å². The van der Waals surface area contributed by atoms with Crippen LogP contribution in [0.2, 0.25) is 0 Å². The van der Waals surface area contributed by atoms with E-state index in [1.165, 1.54) is 5.56 Å². The van der Waals surface area contributed by atoms with E-state index in [0.717, 1.165) is 44.0 Å². The predicted molar refractivity (Wildman–Crippen MR) is 103 cm³/mol. The molecule has 1 saturated heterocycles. The highest BCUT2D eigenvalue weighted by atomic mass is 16.5. The number of carbonyl (C=O) groups excluding carboxylic acids is 1. The molecular formula is C21H27N3O2. The molecule has 26 heavy (non-hydrogen) atoms. The van der Waals surface area contributed by atoms with E-state index in [-0.39, 0.29) is 12.1 Å². The molecule has 1 unspecified atom stereocenters. The van der Waals surface area contributed by atoms with Gasteiger partial charge in [0.15, 0.2) is 0 Å². The number of hydrogen-bond donors (Lipinski definition) is 2. The Morgan fingerprint density at radius 1 is 1.04 bits per heavy atom. The number of rotatable bonds is 6. The van der Waals surface area contributed by atoms with Gasteiger partial charge in [0.1, 0.15) is 0 Å². The van der Waals surface area contributed by atoms with Crippen LogP contribution in [-0.4, -0.2) is 37.2 Å². The first-order valence-corrected chi connectivity index (χ1v) is 9.18. The van der Waals surface area contributed by atoms with Gasteiger partial charge < -0.3 is 15.4 Å². The first kappa shape index (κ1) is 18.4. The number of hydrogen-bond acceptors (Lipinski definition) is 3. The quantitative estimate of drug-likeness (QED) is 0.839. The summed E-state index contributed by atoms with van der Waals surface area (Å²) in [4.78, 5) is 14.6. The van der Waals surface area contributed by atoms with Gasteiger partial charge >= 0.3 is 6.03 Å². The number of carbonyl (C=O) groups is 1. The number of amides is 2. The first-order chi connectivity index (χ1) is 12.7. The van der Waals surface area contributed by atoms with Crippen molar-refractivity contribution in [3.8, 4) is 0 Å². The second kappa shape index (κ2) is 9.36. The topological polar surface area (TPSA) is 53.6 Å². The summed E-state index contributed by atoms with van der Waals surface area (Å²) in [6, 6.07) is 18.1. The number of urea groups is 1. The molecule has 5 heteroatoms. The molecule has 1 heterocycles. The third-order valence-electron chi connectivity index (χ3n) is 4.70. The van der Waals surface area contributed by atoms with Crippen LogP contribution in [0.3, 0.4) is 0 Å². The summed E-state index contributed by atoms with van der Waals surface area (Å²) in [5.74, 6) is 0. The van der Waals surface area contributed by atoms with Crippen LogP contribution >= 0.6 is 0 Å². The van der Waals surface area contributed by atoms with Crippen molar-refractivity contribution in [2.45, 2.75) is 26.1 Å². The summed E-state index contributed by atoms with van der Waals surface area (Å²) in [7, 11) is 0. The zero-order valence-electron chi connectivity index (χ0n) is 15.3. The Hall–Kier alpha value is -2.37. The standard InChI is InChI=1S/C21H27N3O2/c1-17(18-7-3-2-4-8-18)23-21(25)22-15-19-9-5-6-10-20(19)16-24-11-13-26-14-12-24/h2-10,17H,11-16H2,1H3,(H2,22,23,25). The fourth-order valence-corrected chi connectivity index (χ4v) is 3.13. The number of morpholine rings is 1. The Kier molecular flexibility index (Phi) is 6.63. The van der Waals surface area contributed by atoms with Crippen LogP contribution in [0.25, 0.3) is 0 Å². The van der Waals surface area contributed by atoms with E-state index in [1.807, 2.05) is 43.3 Å². The highest BCUT2D eigenvalue weighted by Crippen LogP contribution is 2.14. The maximum atomic E-state index is 12.3. The van der Waals surface area contributed by atoms with Gasteiger partial charge in [0.2, 0.25) is 0 Å². The minimum atomic E-state index is -0.150. The molecule has 5 nitrogen and oxygen atoms in total. The minimum absolute atomic E-state index is 0.0280. The van der Waals surface area contributed by atoms with Crippen LogP contribution < -0.4 is 10.6 Å². The lowest BCUT2D eigenvalue weighted by molar-refractivity contribution is 0.0341. The largest absolute Gasteiger partial charge is 0.379 e.